The summed E-state index contributed by atoms with van der Waals surface area (Å²) in [5, 5.41) is 19.0. The molecule has 22 heavy (non-hydrogen) atoms. The summed E-state index contributed by atoms with van der Waals surface area (Å²) in [5.41, 5.74) is 3.42. The molecule has 2 N–H and O–H groups in total. The van der Waals surface area contributed by atoms with Gasteiger partial charge in [-0.1, -0.05) is 36.4 Å². The third-order valence-electron chi connectivity index (χ3n) is 3.38. The van der Waals surface area contributed by atoms with Crippen molar-refractivity contribution >= 4 is 11.3 Å². The number of hydrogen-bond acceptors (Lipinski definition) is 4. The van der Waals surface area contributed by atoms with E-state index in [4.69, 9.17) is 10.2 Å². The third-order valence-corrected chi connectivity index (χ3v) is 4.26. The van der Waals surface area contributed by atoms with Gasteiger partial charge >= 0.3 is 0 Å². The Hall–Kier alpha value is -1.95. The van der Waals surface area contributed by atoms with Gasteiger partial charge < -0.3 is 10.4 Å². The zero-order valence-electron chi connectivity index (χ0n) is 12.3. The molecule has 1 aromatic carbocycles. The number of benzene rings is 1. The van der Waals surface area contributed by atoms with E-state index in [0.29, 0.717) is 13.1 Å². The molecule has 0 aliphatic heterocycles. The maximum atomic E-state index is 8.92. The molecule has 0 spiro atoms. The highest BCUT2D eigenvalue weighted by molar-refractivity contribution is 7.13. The molecule has 0 fully saturated rings. The van der Waals surface area contributed by atoms with Crippen LogP contribution in [0.3, 0.4) is 0 Å². The Labute approximate surface area is 134 Å². The number of aliphatic hydroxyl groups is 1. The molecular formula is C17H19N3OS. The van der Waals surface area contributed by atoms with E-state index in [-0.39, 0.29) is 6.61 Å². The van der Waals surface area contributed by atoms with E-state index >= 15 is 0 Å². The van der Waals surface area contributed by atoms with E-state index in [1.807, 2.05) is 28.9 Å². The standard InChI is InChI=1S/C17H19N3OS/c21-9-8-18-11-15-13-20(12-14-5-2-1-3-6-14)19-17(15)16-7-4-10-22-16/h1-7,10,13,18,21H,8-9,11-12H2. The third kappa shape index (κ3) is 3.62. The van der Waals surface area contributed by atoms with Crippen LogP contribution in [0, 0.1) is 0 Å². The van der Waals surface area contributed by atoms with E-state index in [1.165, 1.54) is 10.4 Å². The van der Waals surface area contributed by atoms with Crippen molar-refractivity contribution < 1.29 is 5.11 Å². The Kier molecular flexibility index (Phi) is 5.00. The summed E-state index contributed by atoms with van der Waals surface area (Å²) in [5.74, 6) is 0. The van der Waals surface area contributed by atoms with Gasteiger partial charge in [0.2, 0.25) is 0 Å². The predicted molar refractivity (Wildman–Crippen MR) is 89.9 cm³/mol. The molecule has 3 aromatic rings. The van der Waals surface area contributed by atoms with Gasteiger partial charge in [-0.3, -0.25) is 4.68 Å². The van der Waals surface area contributed by atoms with Crippen molar-refractivity contribution in [3.05, 3.63) is 65.2 Å². The van der Waals surface area contributed by atoms with Gasteiger partial charge in [-0.05, 0) is 17.0 Å². The number of aliphatic hydroxyl groups excluding tert-OH is 1. The highest BCUT2D eigenvalue weighted by Gasteiger charge is 2.12. The summed E-state index contributed by atoms with van der Waals surface area (Å²) < 4.78 is 1.99. The normalized spacial score (nSPS) is 11.0. The van der Waals surface area contributed by atoms with Crippen LogP contribution >= 0.6 is 11.3 Å². The minimum Gasteiger partial charge on any atom is -0.395 e. The minimum atomic E-state index is 0.145. The van der Waals surface area contributed by atoms with Crippen molar-refractivity contribution in [2.75, 3.05) is 13.2 Å². The quantitative estimate of drug-likeness (QED) is 0.660. The average molecular weight is 313 g/mol. The second kappa shape index (κ2) is 7.35. The first-order chi connectivity index (χ1) is 10.9. The summed E-state index contributed by atoms with van der Waals surface area (Å²) in [6, 6.07) is 14.5. The first-order valence-corrected chi connectivity index (χ1v) is 8.20. The zero-order chi connectivity index (χ0) is 15.2. The maximum Gasteiger partial charge on any atom is 0.107 e. The summed E-state index contributed by atoms with van der Waals surface area (Å²) in [7, 11) is 0. The zero-order valence-corrected chi connectivity index (χ0v) is 13.1. The number of hydrogen-bond donors (Lipinski definition) is 2. The van der Waals surface area contributed by atoms with Gasteiger partial charge in [-0.15, -0.1) is 11.3 Å². The van der Waals surface area contributed by atoms with Crippen LogP contribution in [0.15, 0.2) is 54.0 Å². The summed E-state index contributed by atoms with van der Waals surface area (Å²) in [6.45, 7) is 2.21. The van der Waals surface area contributed by atoms with Crippen molar-refractivity contribution in [3.63, 3.8) is 0 Å². The first kappa shape index (κ1) is 15.0. The number of rotatable bonds is 7. The molecule has 0 atom stereocenters. The molecule has 5 heteroatoms. The molecule has 3 rings (SSSR count). The highest BCUT2D eigenvalue weighted by atomic mass is 32.1. The molecule has 114 valence electrons. The molecule has 0 aliphatic carbocycles. The molecule has 0 radical (unpaired) electrons. The Morgan fingerprint density at radius 3 is 2.73 bits per heavy atom. The summed E-state index contributed by atoms with van der Waals surface area (Å²) in [6.07, 6.45) is 2.09. The van der Waals surface area contributed by atoms with E-state index in [2.05, 4.69) is 35.1 Å². The van der Waals surface area contributed by atoms with Crippen LogP contribution < -0.4 is 5.32 Å². The lowest BCUT2D eigenvalue weighted by molar-refractivity contribution is 0.292. The van der Waals surface area contributed by atoms with Crippen LogP contribution in [-0.4, -0.2) is 28.0 Å². The predicted octanol–water partition coefficient (Wildman–Crippen LogP) is 2.74. The van der Waals surface area contributed by atoms with E-state index in [1.54, 1.807) is 11.3 Å². The SMILES string of the molecule is OCCNCc1cn(Cc2ccccc2)nc1-c1cccs1. The number of aromatic nitrogens is 2. The van der Waals surface area contributed by atoms with Crippen LogP contribution in [0.1, 0.15) is 11.1 Å². The summed E-state index contributed by atoms with van der Waals surface area (Å²) >= 11 is 1.70. The van der Waals surface area contributed by atoms with Crippen molar-refractivity contribution in [1.29, 1.82) is 0 Å². The molecule has 0 unspecified atom stereocenters. The van der Waals surface area contributed by atoms with E-state index in [0.717, 1.165) is 17.8 Å². The van der Waals surface area contributed by atoms with Gasteiger partial charge in [0.15, 0.2) is 0 Å². The fourth-order valence-electron chi connectivity index (χ4n) is 2.37. The lowest BCUT2D eigenvalue weighted by Gasteiger charge is -2.01. The fourth-order valence-corrected chi connectivity index (χ4v) is 3.11. The average Bonchev–Trinajstić information content (AvgIpc) is 3.18. The van der Waals surface area contributed by atoms with Gasteiger partial charge in [-0.25, -0.2) is 0 Å². The van der Waals surface area contributed by atoms with Crippen LogP contribution in [0.2, 0.25) is 0 Å². The fraction of sp³-hybridized carbons (Fsp3) is 0.235. The van der Waals surface area contributed by atoms with Crippen LogP contribution in [-0.2, 0) is 13.1 Å². The topological polar surface area (TPSA) is 50.1 Å². The molecule has 0 saturated heterocycles. The van der Waals surface area contributed by atoms with Crippen LogP contribution in [0.4, 0.5) is 0 Å². The number of thiophene rings is 1. The first-order valence-electron chi connectivity index (χ1n) is 7.32. The molecule has 0 bridgehead atoms. The van der Waals surface area contributed by atoms with Crippen molar-refractivity contribution in [3.8, 4) is 10.6 Å². The minimum absolute atomic E-state index is 0.145. The van der Waals surface area contributed by atoms with Crippen molar-refractivity contribution in [1.82, 2.24) is 15.1 Å². The van der Waals surface area contributed by atoms with Gasteiger partial charge in [0.05, 0.1) is 18.0 Å². The van der Waals surface area contributed by atoms with E-state index in [9.17, 15) is 0 Å². The molecule has 2 aromatic heterocycles. The monoisotopic (exact) mass is 313 g/mol. The van der Waals surface area contributed by atoms with Crippen molar-refractivity contribution in [2.24, 2.45) is 0 Å². The second-order valence-electron chi connectivity index (χ2n) is 5.06. The molecule has 4 nitrogen and oxygen atoms in total. The Morgan fingerprint density at radius 2 is 2.00 bits per heavy atom. The van der Waals surface area contributed by atoms with Crippen LogP contribution in [0.5, 0.6) is 0 Å². The smallest absolute Gasteiger partial charge is 0.107 e. The molecular weight excluding hydrogens is 294 g/mol. The molecule has 0 aliphatic rings. The van der Waals surface area contributed by atoms with Gasteiger partial charge in [-0.2, -0.15) is 5.10 Å². The Morgan fingerprint density at radius 1 is 1.14 bits per heavy atom. The lowest BCUT2D eigenvalue weighted by atomic mass is 10.2. The molecule has 0 saturated carbocycles. The van der Waals surface area contributed by atoms with Gasteiger partial charge in [0.25, 0.3) is 0 Å². The number of nitrogens with zero attached hydrogens (tertiary/aromatic N) is 2. The van der Waals surface area contributed by atoms with Gasteiger partial charge in [0, 0.05) is 24.8 Å². The largest absolute Gasteiger partial charge is 0.395 e. The highest BCUT2D eigenvalue weighted by Crippen LogP contribution is 2.26. The summed E-state index contributed by atoms with van der Waals surface area (Å²) in [4.78, 5) is 1.17. The Bertz CT molecular complexity index is 692. The second-order valence-corrected chi connectivity index (χ2v) is 6.01. The Balaban J connectivity index is 1.84. The number of nitrogens with one attached hydrogen (secondary N) is 1. The molecule has 0 amide bonds. The van der Waals surface area contributed by atoms with Gasteiger partial charge in [0.1, 0.15) is 5.69 Å². The van der Waals surface area contributed by atoms with Crippen LogP contribution in [0.25, 0.3) is 10.6 Å². The van der Waals surface area contributed by atoms with E-state index < -0.39 is 0 Å². The van der Waals surface area contributed by atoms with Crippen molar-refractivity contribution in [2.45, 2.75) is 13.1 Å². The molecule has 2 heterocycles. The maximum absolute atomic E-state index is 8.92. The lowest BCUT2D eigenvalue weighted by Crippen LogP contribution is -2.17.